The van der Waals surface area contributed by atoms with E-state index in [1.807, 2.05) is 164 Å². The Labute approximate surface area is 437 Å². The van der Waals surface area contributed by atoms with Crippen LogP contribution in [0.3, 0.4) is 0 Å². The van der Waals surface area contributed by atoms with Crippen LogP contribution in [0.15, 0.2) is 237 Å². The topological polar surface area (TPSA) is 67.7 Å². The first-order valence-corrected chi connectivity index (χ1v) is 24.2. The van der Waals surface area contributed by atoms with Crippen molar-refractivity contribution in [2.45, 2.75) is 6.92 Å². The second-order valence-corrected chi connectivity index (χ2v) is 16.9. The fraction of sp³-hybridized carbons (Fsp3) is 0.0299. The average Bonchev–Trinajstić information content (AvgIpc) is 3.47. The smallest absolute Gasteiger partial charge is 0.113 e. The van der Waals surface area contributed by atoms with E-state index in [0.29, 0.717) is 0 Å². The normalized spacial score (nSPS) is 10.5. The molecule has 0 fully saturated rings. The van der Waals surface area contributed by atoms with Crippen LogP contribution >= 0.6 is 11.6 Å². The van der Waals surface area contributed by atoms with Crippen LogP contribution in [-0.2, 0) is 0 Å². The molecule has 11 aromatic rings. The van der Waals surface area contributed by atoms with Gasteiger partial charge in [-0.25, -0.2) is 4.98 Å². The molecule has 12 rings (SSSR count). The Hall–Kier alpha value is -10.1. The third-order valence-corrected chi connectivity index (χ3v) is 11.7. The van der Waals surface area contributed by atoms with E-state index >= 15 is 0 Å². The Bertz CT molecular complexity index is 3980. The molecule has 74 heavy (non-hydrogen) atoms. The molecule has 0 aliphatic carbocycles. The van der Waals surface area contributed by atoms with Crippen molar-refractivity contribution >= 4 is 56.1 Å². The molecular weight excluding hydrogens is 924 g/mol. The summed E-state index contributed by atoms with van der Waals surface area (Å²) in [5.74, 6) is 22.1. The summed E-state index contributed by atoms with van der Waals surface area (Å²) in [5.41, 5.74) is 13.3. The van der Waals surface area contributed by atoms with Crippen molar-refractivity contribution in [1.82, 2.24) is 24.9 Å². The quantitative estimate of drug-likeness (QED) is 0.141. The minimum absolute atomic E-state index is 0.726. The van der Waals surface area contributed by atoms with Gasteiger partial charge in [0.1, 0.15) is 5.69 Å². The van der Waals surface area contributed by atoms with Crippen LogP contribution in [0.2, 0.25) is 5.02 Å². The maximum absolute atomic E-state index is 5.77. The van der Waals surface area contributed by atoms with Crippen LogP contribution in [0.1, 0.15) is 50.2 Å². The number of rotatable bonds is 0. The molecule has 5 aromatic heterocycles. The maximum atomic E-state index is 5.77. The zero-order valence-corrected chi connectivity index (χ0v) is 41.1. The van der Waals surface area contributed by atoms with Crippen molar-refractivity contribution in [3.8, 4) is 47.5 Å². The van der Waals surface area contributed by atoms with Crippen molar-refractivity contribution in [1.29, 1.82) is 0 Å². The SMILES string of the molecule is C(#CN1CC=Cc2ccccc21)c1ccnc2ccccc12.C(#Cc1ccnc2ccccc12)c1ccccn1.Cc1ccccc1C#Cc1ccnc2ccccc12.Clc1ccc(C#Cc2ccncc2)cc1. The standard InChI is InChI=1S/C20H14N2.C18H13N.C16H10N2.C13H8ClN/c1-4-10-20-17(6-1)7-5-14-22(20)15-12-16-11-13-21-19-9-3-2-8-18(16)19;1-14-6-2-3-7-15(14)10-11-16-12-13-19-18-9-5-4-8-17(16)18;1-2-7-16-15(6-1)13(10-12-18-16)8-9-14-5-3-4-11-17-14;14-13-5-3-11(4-6-13)1-2-12-7-9-15-10-8-12/h1-11,13H,14H2;2-9,12-13H,1H3;1-7,10-12H;3-10H. The molecule has 0 spiro atoms. The van der Waals surface area contributed by atoms with Crippen molar-refractivity contribution in [2.24, 2.45) is 0 Å². The molecule has 0 saturated carbocycles. The molecule has 0 amide bonds. The van der Waals surface area contributed by atoms with Crippen LogP contribution in [-0.4, -0.2) is 31.5 Å². The van der Waals surface area contributed by atoms with Crippen LogP contribution in [0.25, 0.3) is 38.8 Å². The lowest BCUT2D eigenvalue weighted by Gasteiger charge is -2.21. The number of fused-ring (bicyclic) bond motifs is 4. The summed E-state index contributed by atoms with van der Waals surface area (Å²) in [4.78, 5) is 23.2. The second-order valence-electron chi connectivity index (χ2n) is 16.5. The molecule has 350 valence electrons. The number of aromatic nitrogens is 5. The summed E-state index contributed by atoms with van der Waals surface area (Å²) >= 11 is 5.77. The Kier molecular flexibility index (Phi) is 16.6. The molecule has 6 nitrogen and oxygen atoms in total. The van der Waals surface area contributed by atoms with E-state index in [2.05, 4.69) is 139 Å². The minimum Gasteiger partial charge on any atom is -0.297 e. The van der Waals surface area contributed by atoms with Crippen molar-refractivity contribution in [3.05, 3.63) is 293 Å². The Morgan fingerprint density at radius 3 is 1.53 bits per heavy atom. The second kappa shape index (κ2) is 25.2. The van der Waals surface area contributed by atoms with Gasteiger partial charge in [0.25, 0.3) is 0 Å². The zero-order valence-electron chi connectivity index (χ0n) is 40.4. The maximum Gasteiger partial charge on any atom is 0.113 e. The molecule has 0 bridgehead atoms. The molecule has 0 radical (unpaired) electrons. The van der Waals surface area contributed by atoms with E-state index in [9.17, 15) is 0 Å². The molecule has 0 atom stereocenters. The molecule has 6 aromatic carbocycles. The van der Waals surface area contributed by atoms with E-state index in [-0.39, 0.29) is 0 Å². The number of anilines is 1. The van der Waals surface area contributed by atoms with Crippen LogP contribution < -0.4 is 4.90 Å². The third-order valence-electron chi connectivity index (χ3n) is 11.4. The van der Waals surface area contributed by atoms with Crippen molar-refractivity contribution in [2.75, 3.05) is 11.4 Å². The Balaban J connectivity index is 0.000000122. The summed E-state index contributed by atoms with van der Waals surface area (Å²) in [6.45, 7) is 2.89. The number of pyridine rings is 5. The fourth-order valence-corrected chi connectivity index (χ4v) is 7.76. The highest BCUT2D eigenvalue weighted by molar-refractivity contribution is 6.30. The third kappa shape index (κ3) is 13.4. The van der Waals surface area contributed by atoms with Crippen molar-refractivity contribution in [3.63, 3.8) is 0 Å². The molecule has 6 heterocycles. The number of benzene rings is 6. The number of hydrogen-bond acceptors (Lipinski definition) is 6. The summed E-state index contributed by atoms with van der Waals surface area (Å²) in [6.07, 6.45) is 14.9. The van der Waals surface area contributed by atoms with E-state index in [1.165, 1.54) is 11.1 Å². The van der Waals surface area contributed by atoms with Crippen LogP contribution in [0.5, 0.6) is 0 Å². The van der Waals surface area contributed by atoms with Gasteiger partial charge in [-0.05, 0) is 127 Å². The Morgan fingerprint density at radius 1 is 0.405 bits per heavy atom. The molecule has 0 unspecified atom stereocenters. The number of hydrogen-bond donors (Lipinski definition) is 0. The summed E-state index contributed by atoms with van der Waals surface area (Å²) in [7, 11) is 0. The lowest BCUT2D eigenvalue weighted by Crippen LogP contribution is -2.19. The predicted octanol–water partition coefficient (Wildman–Crippen LogP) is 14.2. The largest absolute Gasteiger partial charge is 0.297 e. The van der Waals surface area contributed by atoms with E-state index in [4.69, 9.17) is 11.6 Å². The van der Waals surface area contributed by atoms with Gasteiger partial charge in [0.05, 0.1) is 22.2 Å². The highest BCUT2D eigenvalue weighted by Gasteiger charge is 2.10. The molecule has 0 saturated heterocycles. The van der Waals surface area contributed by atoms with Gasteiger partial charge in [0, 0.05) is 104 Å². The lowest BCUT2D eigenvalue weighted by molar-refractivity contribution is 1.11. The number of halogens is 1. The van der Waals surface area contributed by atoms with Gasteiger partial charge in [0.2, 0.25) is 0 Å². The van der Waals surface area contributed by atoms with Crippen molar-refractivity contribution < 1.29 is 0 Å². The minimum atomic E-state index is 0.726. The first-order chi connectivity index (χ1) is 36.5. The molecule has 7 heteroatoms. The van der Waals surface area contributed by atoms with Gasteiger partial charge >= 0.3 is 0 Å². The monoisotopic (exact) mass is 968 g/mol. The zero-order chi connectivity index (χ0) is 50.6. The molecule has 1 aliphatic rings. The van der Waals surface area contributed by atoms with Gasteiger partial charge in [-0.1, -0.05) is 150 Å². The first kappa shape index (κ1) is 48.9. The van der Waals surface area contributed by atoms with Crippen LogP contribution in [0.4, 0.5) is 5.69 Å². The summed E-state index contributed by atoms with van der Waals surface area (Å²) in [6, 6.07) is 66.8. The highest BCUT2D eigenvalue weighted by atomic mass is 35.5. The summed E-state index contributed by atoms with van der Waals surface area (Å²) < 4.78 is 0. The number of para-hydroxylation sites is 4. The van der Waals surface area contributed by atoms with E-state index < -0.39 is 0 Å². The lowest BCUT2D eigenvalue weighted by atomic mass is 10.1. The van der Waals surface area contributed by atoms with Gasteiger partial charge in [-0.3, -0.25) is 24.8 Å². The first-order valence-electron chi connectivity index (χ1n) is 23.8. The van der Waals surface area contributed by atoms with Gasteiger partial charge in [-0.2, -0.15) is 0 Å². The molecule has 0 N–H and O–H groups in total. The predicted molar refractivity (Wildman–Crippen MR) is 304 cm³/mol. The van der Waals surface area contributed by atoms with E-state index in [1.54, 1.807) is 24.8 Å². The average molecular weight is 970 g/mol. The number of aryl methyl sites for hydroxylation is 1. The van der Waals surface area contributed by atoms with E-state index in [0.717, 1.165) is 89.0 Å². The molecule has 1 aliphatic heterocycles. The number of nitrogens with zero attached hydrogens (tertiary/aromatic N) is 6. The van der Waals surface area contributed by atoms with Gasteiger partial charge < -0.3 is 0 Å². The Morgan fingerprint density at radius 2 is 0.919 bits per heavy atom. The highest BCUT2D eigenvalue weighted by Crippen LogP contribution is 2.25. The van der Waals surface area contributed by atoms with Gasteiger partial charge in [0.15, 0.2) is 0 Å². The van der Waals surface area contributed by atoms with Gasteiger partial charge in [-0.15, -0.1) is 0 Å². The summed E-state index contributed by atoms with van der Waals surface area (Å²) in [5, 5.41) is 4.00. The fourth-order valence-electron chi connectivity index (χ4n) is 7.63. The molecular formula is C67H45ClN6. The van der Waals surface area contributed by atoms with Crippen LogP contribution in [0, 0.1) is 54.4 Å².